The number of phosphoric ester groups is 2. The summed E-state index contributed by atoms with van der Waals surface area (Å²) in [6.07, 6.45) is 36.0. The van der Waals surface area contributed by atoms with E-state index in [1.165, 1.54) is 165 Å². The number of nitrogen functional groups attached to an aromatic ring is 1. The molecule has 5 unspecified atom stereocenters. The molecule has 0 amide bonds. The summed E-state index contributed by atoms with van der Waals surface area (Å²) in [6.45, 7) is 3.37. The number of esters is 1. The molecule has 2 N–H and O–H groups in total. The van der Waals surface area contributed by atoms with Crippen molar-refractivity contribution in [2.45, 2.75) is 238 Å². The molecule has 1 aromatic rings. The van der Waals surface area contributed by atoms with Gasteiger partial charge in [-0.05, 0) is 37.5 Å². The third-order valence-corrected chi connectivity index (χ3v) is 15.2. The Morgan fingerprint density at radius 3 is 1.66 bits per heavy atom. The van der Waals surface area contributed by atoms with E-state index in [1.807, 2.05) is 0 Å². The Labute approximate surface area is 441 Å². The monoisotopic (exact) mass is 996 g/mol. The van der Waals surface area contributed by atoms with Crippen molar-refractivity contribution in [2.75, 3.05) is 30.5 Å². The normalized spacial score (nSPS) is 17.2. The molecule has 0 bridgehead atoms. The molecular weight excluding hydrogens is 911 g/mol. The molecule has 1 saturated heterocycles. The van der Waals surface area contributed by atoms with Gasteiger partial charge in [-0.3, -0.25) is 18.5 Å². The number of nitrogens with zero attached hydrogens (tertiary/aromatic N) is 2. The van der Waals surface area contributed by atoms with Crippen LogP contribution in [0.5, 0.6) is 0 Å². The molecular formula is C46H85N3Na2O11P2S. The zero-order valence-corrected chi connectivity index (χ0v) is 47.7. The van der Waals surface area contributed by atoms with Gasteiger partial charge >= 0.3 is 70.8 Å². The molecule has 65 heavy (non-hydrogen) atoms. The maximum atomic E-state index is 12.8. The molecule has 1 aliphatic heterocycles. The molecule has 2 heterocycles. The summed E-state index contributed by atoms with van der Waals surface area (Å²) in [5.41, 5.74) is 4.92. The zero-order valence-electron chi connectivity index (χ0n) is 41.1. The minimum absolute atomic E-state index is 0. The van der Waals surface area contributed by atoms with Gasteiger partial charge < -0.3 is 34.0 Å². The average molecular weight is 996 g/mol. The van der Waals surface area contributed by atoms with Crippen molar-refractivity contribution in [1.82, 2.24) is 9.55 Å². The van der Waals surface area contributed by atoms with Crippen LogP contribution in [0.15, 0.2) is 17.1 Å². The van der Waals surface area contributed by atoms with Crippen LogP contribution in [0.4, 0.5) is 5.82 Å². The molecule has 0 saturated carbocycles. The summed E-state index contributed by atoms with van der Waals surface area (Å²) in [7, 11) is -10.8. The molecule has 1 aromatic heterocycles. The van der Waals surface area contributed by atoms with Crippen LogP contribution in [-0.4, -0.2) is 52.4 Å². The Morgan fingerprint density at radius 1 is 0.738 bits per heavy atom. The van der Waals surface area contributed by atoms with Gasteiger partial charge in [-0.1, -0.05) is 187 Å². The SMILES string of the molecule is CCCCCCCCCCCCCCCCCCSCC(COP(=O)([O-])OP(=O)([O-])OCC1CCC(n2ccc(N)nc2=O)O1)OC(=O)CCCCCCCCCCCCCCC.[Na+].[Na+]. The largest absolute Gasteiger partial charge is 1.00 e. The van der Waals surface area contributed by atoms with Gasteiger partial charge in [0.15, 0.2) is 0 Å². The van der Waals surface area contributed by atoms with Gasteiger partial charge in [0.1, 0.15) is 18.1 Å². The van der Waals surface area contributed by atoms with Crippen LogP contribution in [0.2, 0.25) is 0 Å². The van der Waals surface area contributed by atoms with Crippen molar-refractivity contribution in [3.63, 3.8) is 0 Å². The van der Waals surface area contributed by atoms with E-state index >= 15 is 0 Å². The average Bonchev–Trinajstić information content (AvgIpc) is 3.71. The van der Waals surface area contributed by atoms with Crippen LogP contribution < -0.4 is 80.3 Å². The van der Waals surface area contributed by atoms with Crippen molar-refractivity contribution in [2.24, 2.45) is 0 Å². The molecule has 5 atom stereocenters. The molecule has 0 aliphatic carbocycles. The second kappa shape index (κ2) is 42.4. The molecule has 1 aliphatic rings. The molecule has 14 nitrogen and oxygen atoms in total. The number of unbranched alkanes of at least 4 members (excludes halogenated alkanes) is 27. The topological polar surface area (TPSA) is 204 Å². The second-order valence-electron chi connectivity index (χ2n) is 17.4. The van der Waals surface area contributed by atoms with Gasteiger partial charge in [-0.2, -0.15) is 16.7 Å². The Kier molecular flexibility index (Phi) is 42.9. The van der Waals surface area contributed by atoms with Gasteiger partial charge in [0.25, 0.3) is 15.6 Å². The maximum Gasteiger partial charge on any atom is 1.00 e. The van der Waals surface area contributed by atoms with Crippen molar-refractivity contribution < 1.29 is 106 Å². The fraction of sp³-hybridized carbons (Fsp3) is 0.891. The summed E-state index contributed by atoms with van der Waals surface area (Å²) in [5.74, 6) is 0.720. The maximum absolute atomic E-state index is 12.8. The summed E-state index contributed by atoms with van der Waals surface area (Å²) in [6, 6.07) is 1.44. The van der Waals surface area contributed by atoms with Crippen LogP contribution in [0.1, 0.15) is 226 Å². The van der Waals surface area contributed by atoms with Gasteiger partial charge in [0.05, 0.1) is 19.3 Å². The Hall–Kier alpha value is 0.720. The van der Waals surface area contributed by atoms with E-state index < -0.39 is 59.0 Å². The fourth-order valence-corrected chi connectivity index (χ4v) is 10.8. The number of hydrogen-bond acceptors (Lipinski definition) is 14. The number of rotatable bonds is 43. The number of phosphoric acid groups is 2. The molecule has 0 aromatic carbocycles. The van der Waals surface area contributed by atoms with E-state index in [4.69, 9.17) is 24.3 Å². The van der Waals surface area contributed by atoms with E-state index in [-0.39, 0.29) is 71.4 Å². The molecule has 0 spiro atoms. The zero-order chi connectivity index (χ0) is 45.9. The Morgan fingerprint density at radius 2 is 1.18 bits per heavy atom. The Balaban J connectivity index is 0.0000205. The number of anilines is 1. The third-order valence-electron chi connectivity index (χ3n) is 11.5. The van der Waals surface area contributed by atoms with Crippen LogP contribution in [0.3, 0.4) is 0 Å². The smallest absolute Gasteiger partial charge is 0.756 e. The quantitative estimate of drug-likeness (QED) is 0.0351. The van der Waals surface area contributed by atoms with E-state index in [0.29, 0.717) is 25.0 Å². The number of thioether (sulfide) groups is 1. The van der Waals surface area contributed by atoms with Crippen molar-refractivity contribution >= 4 is 39.2 Å². The standard InChI is InChI=1S/C46H87N3O11P2S.2Na/c1-3-5-7-9-11-13-15-17-18-19-21-23-25-27-29-31-37-63-40-42(59-45(50)32-30-28-26-24-22-20-16-14-12-10-8-6-4-2)39-57-62(54,55)60-61(52,53)56-38-41-33-34-44(58-41)49-36-35-43(47)48-46(49)51;;/h35-36,41-42,44H,3-34,37-40H2,1-2H3,(H,52,53)(H,54,55)(H2,47,48,51);;/q;2*+1/p-2. The van der Waals surface area contributed by atoms with Crippen molar-refractivity contribution in [1.29, 1.82) is 0 Å². The molecule has 2 rings (SSSR count). The van der Waals surface area contributed by atoms with E-state index in [9.17, 15) is 28.5 Å². The van der Waals surface area contributed by atoms with Crippen molar-refractivity contribution in [3.05, 3.63) is 22.7 Å². The number of hydrogen-bond donors (Lipinski definition) is 1. The Bertz CT molecular complexity index is 1470. The molecule has 1 fully saturated rings. The first-order valence-corrected chi connectivity index (χ1v) is 28.9. The van der Waals surface area contributed by atoms with Gasteiger partial charge in [0, 0.05) is 18.4 Å². The number of ether oxygens (including phenoxy) is 2. The third kappa shape index (κ3) is 36.3. The van der Waals surface area contributed by atoms with Crippen LogP contribution in [-0.2, 0) is 36.8 Å². The summed E-state index contributed by atoms with van der Waals surface area (Å²) in [4.78, 5) is 53.9. The minimum atomic E-state index is -5.43. The van der Waals surface area contributed by atoms with E-state index in [1.54, 1.807) is 11.8 Å². The number of nitrogens with two attached hydrogens (primary N) is 1. The summed E-state index contributed by atoms with van der Waals surface area (Å²) < 4.78 is 51.9. The van der Waals surface area contributed by atoms with Crippen molar-refractivity contribution in [3.8, 4) is 0 Å². The second-order valence-corrected chi connectivity index (χ2v) is 21.5. The minimum Gasteiger partial charge on any atom is -0.756 e. The number of carbonyl (C=O) groups excluding carboxylic acids is 1. The predicted molar refractivity (Wildman–Crippen MR) is 251 cm³/mol. The number of carbonyl (C=O) groups is 1. The van der Waals surface area contributed by atoms with Gasteiger partial charge in [-0.25, -0.2) is 9.11 Å². The first kappa shape index (κ1) is 65.7. The first-order valence-electron chi connectivity index (χ1n) is 24.8. The van der Waals surface area contributed by atoms with Gasteiger partial charge in [-0.15, -0.1) is 0 Å². The molecule has 0 radical (unpaired) electrons. The number of aromatic nitrogens is 2. The van der Waals surface area contributed by atoms with Gasteiger partial charge in [0.2, 0.25) is 0 Å². The summed E-state index contributed by atoms with van der Waals surface area (Å²) >= 11 is 1.55. The van der Waals surface area contributed by atoms with Crippen LogP contribution in [0.25, 0.3) is 0 Å². The fourth-order valence-electron chi connectivity index (χ4n) is 7.79. The molecule has 368 valence electrons. The predicted octanol–water partition coefficient (Wildman–Crippen LogP) is 5.89. The summed E-state index contributed by atoms with van der Waals surface area (Å²) in [5, 5.41) is 0. The van der Waals surface area contributed by atoms with E-state index in [2.05, 4.69) is 23.1 Å². The van der Waals surface area contributed by atoms with Crippen LogP contribution in [0, 0.1) is 0 Å². The van der Waals surface area contributed by atoms with E-state index in [0.717, 1.165) is 37.9 Å². The van der Waals surface area contributed by atoms with Crippen LogP contribution >= 0.6 is 27.4 Å². The molecule has 19 heteroatoms. The first-order chi connectivity index (χ1) is 30.4.